The zero-order valence-electron chi connectivity index (χ0n) is 9.99. The van der Waals surface area contributed by atoms with Gasteiger partial charge in [0.2, 0.25) is 0 Å². The van der Waals surface area contributed by atoms with Gasteiger partial charge in [-0.2, -0.15) is 0 Å². The Morgan fingerprint density at radius 1 is 0.875 bits per heavy atom. The fourth-order valence-corrected chi connectivity index (χ4v) is 3.82. The highest BCUT2D eigenvalue weighted by Gasteiger charge is 2.30. The molecule has 0 aromatic carbocycles. The predicted molar refractivity (Wildman–Crippen MR) is 65.6 cm³/mol. The first-order chi connectivity index (χ1) is 7.84. The molecule has 0 spiro atoms. The van der Waals surface area contributed by atoms with E-state index in [-0.39, 0.29) is 6.10 Å². The van der Waals surface area contributed by atoms with E-state index in [1.807, 2.05) is 0 Å². The van der Waals surface area contributed by atoms with E-state index in [2.05, 4.69) is 5.09 Å². The standard InChI is InChI=1S/C12H23NO2P/c14-16(13-11-7-3-1-4-8-11)15-12-9-5-2-6-10-12/h11-12H,1-10H2,(H,13,14)/q+1. The maximum absolute atomic E-state index is 11.8. The first-order valence-corrected chi connectivity index (χ1v) is 7.92. The van der Waals surface area contributed by atoms with Gasteiger partial charge >= 0.3 is 8.18 Å². The van der Waals surface area contributed by atoms with Gasteiger partial charge in [-0.25, -0.2) is 0 Å². The predicted octanol–water partition coefficient (Wildman–Crippen LogP) is 3.92. The summed E-state index contributed by atoms with van der Waals surface area (Å²) in [7, 11) is -1.63. The molecule has 16 heavy (non-hydrogen) atoms. The minimum absolute atomic E-state index is 0.244. The average molecular weight is 244 g/mol. The van der Waals surface area contributed by atoms with Crippen LogP contribution in [0.4, 0.5) is 0 Å². The molecule has 0 saturated heterocycles. The van der Waals surface area contributed by atoms with Crippen molar-refractivity contribution in [3.8, 4) is 0 Å². The molecule has 1 unspecified atom stereocenters. The number of nitrogens with one attached hydrogen (secondary N) is 1. The Balaban J connectivity index is 1.66. The van der Waals surface area contributed by atoms with Crippen molar-refractivity contribution in [3.63, 3.8) is 0 Å². The largest absolute Gasteiger partial charge is 0.613 e. The summed E-state index contributed by atoms with van der Waals surface area (Å²) in [4.78, 5) is 0. The number of rotatable bonds is 4. The normalized spacial score (nSPS) is 25.6. The lowest BCUT2D eigenvalue weighted by Gasteiger charge is -2.19. The molecule has 0 heterocycles. The second-order valence-electron chi connectivity index (χ2n) is 5.09. The van der Waals surface area contributed by atoms with E-state index in [0.717, 1.165) is 25.7 Å². The van der Waals surface area contributed by atoms with E-state index in [1.165, 1.54) is 38.5 Å². The summed E-state index contributed by atoms with van der Waals surface area (Å²) in [6, 6.07) is 0.431. The molecule has 1 atom stereocenters. The molecule has 0 radical (unpaired) electrons. The average Bonchev–Trinajstić information content (AvgIpc) is 2.31. The minimum atomic E-state index is -1.63. The quantitative estimate of drug-likeness (QED) is 0.762. The molecule has 92 valence electrons. The van der Waals surface area contributed by atoms with Gasteiger partial charge in [-0.05, 0) is 30.2 Å². The monoisotopic (exact) mass is 244 g/mol. The Kier molecular flexibility index (Phi) is 5.21. The second-order valence-corrected chi connectivity index (χ2v) is 6.07. The first-order valence-electron chi connectivity index (χ1n) is 6.75. The van der Waals surface area contributed by atoms with E-state index in [4.69, 9.17) is 4.52 Å². The van der Waals surface area contributed by atoms with E-state index in [0.29, 0.717) is 6.04 Å². The summed E-state index contributed by atoms with van der Waals surface area (Å²) in [6.07, 6.45) is 12.4. The molecular formula is C12H23NO2P+. The topological polar surface area (TPSA) is 38.3 Å². The van der Waals surface area contributed by atoms with Crippen molar-refractivity contribution in [2.24, 2.45) is 0 Å². The van der Waals surface area contributed by atoms with Gasteiger partial charge in [-0.1, -0.05) is 43.6 Å². The fraction of sp³-hybridized carbons (Fsp3) is 1.00. The highest BCUT2D eigenvalue weighted by molar-refractivity contribution is 7.36. The lowest BCUT2D eigenvalue weighted by molar-refractivity contribution is 0.161. The number of hydrogen-bond donors (Lipinski definition) is 1. The van der Waals surface area contributed by atoms with E-state index in [1.54, 1.807) is 0 Å². The van der Waals surface area contributed by atoms with Crippen LogP contribution < -0.4 is 5.09 Å². The SMILES string of the molecule is O=[P+](NC1CCCCC1)OC1CCCCC1. The Bertz CT molecular complexity index is 201. The lowest BCUT2D eigenvalue weighted by atomic mass is 9.96. The summed E-state index contributed by atoms with van der Waals surface area (Å²) in [6.45, 7) is 0. The van der Waals surface area contributed by atoms with Crippen LogP contribution in [0.25, 0.3) is 0 Å². The van der Waals surface area contributed by atoms with Gasteiger partial charge in [0, 0.05) is 0 Å². The fourth-order valence-electron chi connectivity index (χ4n) is 2.72. The molecule has 0 aromatic rings. The molecule has 2 aliphatic rings. The van der Waals surface area contributed by atoms with Gasteiger partial charge in [0.25, 0.3) is 0 Å². The van der Waals surface area contributed by atoms with Gasteiger partial charge in [-0.3, -0.25) is 0 Å². The minimum Gasteiger partial charge on any atom is -0.127 e. The molecule has 2 fully saturated rings. The van der Waals surface area contributed by atoms with E-state index >= 15 is 0 Å². The third kappa shape index (κ3) is 4.12. The molecule has 3 nitrogen and oxygen atoms in total. The van der Waals surface area contributed by atoms with Crippen molar-refractivity contribution in [1.29, 1.82) is 0 Å². The lowest BCUT2D eigenvalue weighted by Crippen LogP contribution is -2.27. The highest BCUT2D eigenvalue weighted by Crippen LogP contribution is 2.31. The van der Waals surface area contributed by atoms with Gasteiger partial charge in [0.05, 0.1) is 6.04 Å². The summed E-state index contributed by atoms with van der Waals surface area (Å²) >= 11 is 0. The van der Waals surface area contributed by atoms with Crippen LogP contribution in [0.3, 0.4) is 0 Å². The van der Waals surface area contributed by atoms with Crippen LogP contribution in [0.5, 0.6) is 0 Å². The summed E-state index contributed by atoms with van der Waals surface area (Å²) < 4.78 is 17.4. The van der Waals surface area contributed by atoms with Crippen LogP contribution in [-0.2, 0) is 9.09 Å². The maximum atomic E-state index is 11.8. The third-order valence-corrected chi connectivity index (χ3v) is 4.76. The van der Waals surface area contributed by atoms with E-state index in [9.17, 15) is 4.57 Å². The van der Waals surface area contributed by atoms with Crippen LogP contribution in [0, 0.1) is 0 Å². The summed E-state index contributed by atoms with van der Waals surface area (Å²) in [5.41, 5.74) is 0. The third-order valence-electron chi connectivity index (χ3n) is 3.69. The molecule has 0 aromatic heterocycles. The van der Waals surface area contributed by atoms with Gasteiger partial charge in [0.15, 0.2) is 0 Å². The van der Waals surface area contributed by atoms with Crippen molar-refractivity contribution in [1.82, 2.24) is 5.09 Å². The number of hydrogen-bond acceptors (Lipinski definition) is 2. The first kappa shape index (κ1) is 12.5. The van der Waals surface area contributed by atoms with E-state index < -0.39 is 8.18 Å². The Hall–Kier alpha value is 0.0200. The van der Waals surface area contributed by atoms with Crippen LogP contribution in [0.1, 0.15) is 64.2 Å². The van der Waals surface area contributed by atoms with Crippen LogP contribution in [0.15, 0.2) is 0 Å². The summed E-state index contributed by atoms with van der Waals surface area (Å²) in [5.74, 6) is 0. The zero-order chi connectivity index (χ0) is 11.2. The molecule has 2 rings (SSSR count). The second kappa shape index (κ2) is 6.68. The Morgan fingerprint density at radius 3 is 2.06 bits per heavy atom. The highest BCUT2D eigenvalue weighted by atomic mass is 31.1. The van der Waals surface area contributed by atoms with Crippen LogP contribution in [-0.4, -0.2) is 12.1 Å². The van der Waals surface area contributed by atoms with Crippen molar-refractivity contribution in [2.75, 3.05) is 0 Å². The van der Waals surface area contributed by atoms with Crippen LogP contribution >= 0.6 is 8.18 Å². The molecule has 4 heteroatoms. The van der Waals surface area contributed by atoms with Gasteiger partial charge < -0.3 is 0 Å². The van der Waals surface area contributed by atoms with Gasteiger partial charge in [0.1, 0.15) is 6.10 Å². The molecule has 2 aliphatic carbocycles. The Morgan fingerprint density at radius 2 is 1.44 bits per heavy atom. The molecule has 2 saturated carbocycles. The van der Waals surface area contributed by atoms with Crippen molar-refractivity contribution in [3.05, 3.63) is 0 Å². The van der Waals surface area contributed by atoms with Crippen molar-refractivity contribution >= 4 is 8.18 Å². The zero-order valence-corrected chi connectivity index (χ0v) is 10.9. The summed E-state index contributed by atoms with van der Waals surface area (Å²) in [5, 5.41) is 3.15. The van der Waals surface area contributed by atoms with Gasteiger partial charge in [-0.15, -0.1) is 4.52 Å². The Labute approximate surface area is 99.3 Å². The molecule has 0 aliphatic heterocycles. The molecular weight excluding hydrogens is 221 g/mol. The van der Waals surface area contributed by atoms with Crippen LogP contribution in [0.2, 0.25) is 0 Å². The maximum Gasteiger partial charge on any atom is 0.613 e. The molecule has 0 amide bonds. The van der Waals surface area contributed by atoms with Crippen molar-refractivity contribution < 1.29 is 9.09 Å². The smallest absolute Gasteiger partial charge is 0.127 e. The van der Waals surface area contributed by atoms with Crippen molar-refractivity contribution in [2.45, 2.75) is 76.4 Å². The molecule has 0 bridgehead atoms. The molecule has 1 N–H and O–H groups in total.